The molecule has 136 valence electrons. The molecule has 0 atom stereocenters. The van der Waals surface area contributed by atoms with Crippen LogP contribution < -0.4 is 4.72 Å². The van der Waals surface area contributed by atoms with Gasteiger partial charge in [0, 0.05) is 32.2 Å². The summed E-state index contributed by atoms with van der Waals surface area (Å²) < 4.78 is 27.1. The molecule has 0 radical (unpaired) electrons. The van der Waals surface area contributed by atoms with Crippen molar-refractivity contribution in [3.05, 3.63) is 28.8 Å². The van der Waals surface area contributed by atoms with Crippen LogP contribution in [0, 0.1) is 12.3 Å². The number of halogens is 1. The van der Waals surface area contributed by atoms with Gasteiger partial charge >= 0.3 is 0 Å². The van der Waals surface area contributed by atoms with Crippen LogP contribution in [0.3, 0.4) is 0 Å². The third-order valence-corrected chi connectivity index (χ3v) is 5.83. The minimum absolute atomic E-state index is 0.0277. The zero-order valence-electron chi connectivity index (χ0n) is 14.3. The number of terminal acetylenes is 1. The second-order valence-electron chi connectivity index (χ2n) is 6.19. The topological polar surface area (TPSA) is 69.7 Å². The van der Waals surface area contributed by atoms with Gasteiger partial charge in [-0.05, 0) is 32.0 Å². The molecule has 1 heterocycles. The first-order valence-corrected chi connectivity index (χ1v) is 9.87. The Balaban J connectivity index is 2.21. The second-order valence-corrected chi connectivity index (χ2v) is 8.31. The highest BCUT2D eigenvalue weighted by Gasteiger charge is 2.25. The van der Waals surface area contributed by atoms with Gasteiger partial charge < -0.3 is 4.90 Å². The Morgan fingerprint density at radius 3 is 2.52 bits per heavy atom. The predicted molar refractivity (Wildman–Crippen MR) is 98.1 cm³/mol. The molecule has 1 amide bonds. The number of carbonyl (C=O) groups is 1. The Morgan fingerprint density at radius 2 is 1.96 bits per heavy atom. The van der Waals surface area contributed by atoms with Crippen LogP contribution in [0.4, 0.5) is 0 Å². The van der Waals surface area contributed by atoms with E-state index in [1.807, 2.05) is 0 Å². The van der Waals surface area contributed by atoms with Crippen LogP contribution >= 0.6 is 11.6 Å². The third kappa shape index (κ3) is 4.95. The maximum atomic E-state index is 12.8. The number of benzene rings is 1. The Morgan fingerprint density at radius 1 is 1.32 bits per heavy atom. The van der Waals surface area contributed by atoms with Crippen molar-refractivity contribution >= 4 is 27.5 Å². The summed E-state index contributed by atoms with van der Waals surface area (Å²) in [4.78, 5) is 16.5. The molecular weight excluding hydrogens is 362 g/mol. The average Bonchev–Trinajstić information content (AvgIpc) is 2.54. The summed E-state index contributed by atoms with van der Waals surface area (Å²) in [6, 6.07) is 3.93. The van der Waals surface area contributed by atoms with Crippen molar-refractivity contribution in [3.63, 3.8) is 0 Å². The fraction of sp³-hybridized carbons (Fsp3) is 0.471. The van der Waals surface area contributed by atoms with Gasteiger partial charge in [-0.2, -0.15) is 0 Å². The Bertz CT molecular complexity index is 779. The van der Waals surface area contributed by atoms with Crippen molar-refractivity contribution < 1.29 is 13.2 Å². The summed E-state index contributed by atoms with van der Waals surface area (Å²) in [5.74, 6) is 2.32. The van der Waals surface area contributed by atoms with Gasteiger partial charge in [0.15, 0.2) is 0 Å². The second kappa shape index (κ2) is 8.19. The van der Waals surface area contributed by atoms with Crippen molar-refractivity contribution in [2.75, 3.05) is 32.7 Å². The van der Waals surface area contributed by atoms with E-state index < -0.39 is 10.0 Å². The lowest BCUT2D eigenvalue weighted by Crippen LogP contribution is -2.48. The van der Waals surface area contributed by atoms with Gasteiger partial charge in [-0.1, -0.05) is 17.5 Å². The van der Waals surface area contributed by atoms with Crippen molar-refractivity contribution in [1.82, 2.24) is 14.5 Å². The van der Waals surface area contributed by atoms with Crippen LogP contribution in [0.25, 0.3) is 0 Å². The van der Waals surface area contributed by atoms with E-state index in [0.29, 0.717) is 32.7 Å². The number of hydrogen-bond acceptors (Lipinski definition) is 4. The van der Waals surface area contributed by atoms with Crippen molar-refractivity contribution in [2.24, 2.45) is 0 Å². The zero-order valence-corrected chi connectivity index (χ0v) is 15.9. The van der Waals surface area contributed by atoms with Gasteiger partial charge in [0.1, 0.15) is 0 Å². The maximum Gasteiger partial charge on any atom is 0.255 e. The van der Waals surface area contributed by atoms with E-state index in [4.69, 9.17) is 18.0 Å². The van der Waals surface area contributed by atoms with Gasteiger partial charge in [-0.15, -0.1) is 6.42 Å². The third-order valence-electron chi connectivity index (χ3n) is 3.84. The highest BCUT2D eigenvalue weighted by molar-refractivity contribution is 7.89. The highest BCUT2D eigenvalue weighted by Crippen LogP contribution is 2.23. The number of amides is 1. The molecule has 0 spiro atoms. The van der Waals surface area contributed by atoms with E-state index in [9.17, 15) is 13.2 Å². The van der Waals surface area contributed by atoms with Gasteiger partial charge in [-0.3, -0.25) is 9.69 Å². The quantitative estimate of drug-likeness (QED) is 0.781. The molecule has 1 fully saturated rings. The molecule has 0 bridgehead atoms. The lowest BCUT2D eigenvalue weighted by molar-refractivity contribution is 0.0652. The first-order chi connectivity index (χ1) is 11.7. The molecule has 1 aliphatic heterocycles. The van der Waals surface area contributed by atoms with E-state index in [0.717, 1.165) is 0 Å². The molecular formula is C17H22ClN3O3S. The highest BCUT2D eigenvalue weighted by atomic mass is 35.5. The van der Waals surface area contributed by atoms with Crippen molar-refractivity contribution in [1.29, 1.82) is 0 Å². The summed E-state index contributed by atoms with van der Waals surface area (Å²) in [7, 11) is -3.69. The van der Waals surface area contributed by atoms with Gasteiger partial charge in [0.2, 0.25) is 10.0 Å². The molecule has 0 aromatic heterocycles. The summed E-state index contributed by atoms with van der Waals surface area (Å²) in [6.07, 6.45) is 5.30. The summed E-state index contributed by atoms with van der Waals surface area (Å²) in [5, 5.41) is 0.236. The molecule has 1 saturated heterocycles. The monoisotopic (exact) mass is 383 g/mol. The van der Waals surface area contributed by atoms with Gasteiger partial charge in [0.25, 0.3) is 5.91 Å². The number of carbonyl (C=O) groups excluding carboxylic acids is 1. The Kier molecular flexibility index (Phi) is 6.47. The van der Waals surface area contributed by atoms with Crippen LogP contribution in [-0.4, -0.2) is 62.9 Å². The van der Waals surface area contributed by atoms with E-state index in [-0.39, 0.29) is 27.4 Å². The normalized spacial score (nSPS) is 16.0. The minimum atomic E-state index is -3.69. The molecule has 0 unspecified atom stereocenters. The number of sulfonamides is 1. The van der Waals surface area contributed by atoms with Gasteiger partial charge in [-0.25, -0.2) is 13.1 Å². The largest absolute Gasteiger partial charge is 0.336 e. The predicted octanol–water partition coefficient (Wildman–Crippen LogP) is 1.42. The molecule has 0 saturated carbocycles. The molecule has 6 nitrogen and oxygen atoms in total. The molecule has 25 heavy (non-hydrogen) atoms. The summed E-state index contributed by atoms with van der Waals surface area (Å²) in [5.41, 5.74) is 0.193. The fourth-order valence-corrected chi connectivity index (χ4v) is 4.10. The Hall–Kier alpha value is -1.59. The van der Waals surface area contributed by atoms with E-state index in [1.54, 1.807) is 18.7 Å². The lowest BCUT2D eigenvalue weighted by atomic mass is 10.1. The van der Waals surface area contributed by atoms with E-state index in [2.05, 4.69) is 15.5 Å². The van der Waals surface area contributed by atoms with Crippen LogP contribution in [0.1, 0.15) is 24.2 Å². The molecule has 1 aliphatic rings. The smallest absolute Gasteiger partial charge is 0.255 e. The first kappa shape index (κ1) is 19.7. The molecule has 1 N–H and O–H groups in total. The van der Waals surface area contributed by atoms with Crippen LogP contribution in [0.2, 0.25) is 5.02 Å². The number of rotatable bonds is 5. The molecule has 0 aliphatic carbocycles. The first-order valence-electron chi connectivity index (χ1n) is 8.01. The minimum Gasteiger partial charge on any atom is -0.336 e. The molecule has 1 aromatic carbocycles. The lowest BCUT2D eigenvalue weighted by Gasteiger charge is -2.33. The van der Waals surface area contributed by atoms with Crippen LogP contribution in [0.5, 0.6) is 0 Å². The van der Waals surface area contributed by atoms with Gasteiger partial charge in [0.05, 0.1) is 22.0 Å². The Labute approximate surface area is 154 Å². The molecule has 1 aromatic rings. The maximum absolute atomic E-state index is 12.8. The number of hydrogen-bond donors (Lipinski definition) is 1. The average molecular weight is 384 g/mol. The SMILES string of the molecule is C#CCN1CCN(C(=O)c2cc(S(=O)(=O)NC(C)C)ccc2Cl)CC1. The summed E-state index contributed by atoms with van der Waals surface area (Å²) >= 11 is 6.14. The van der Waals surface area contributed by atoms with Crippen molar-refractivity contribution in [3.8, 4) is 12.3 Å². The van der Waals surface area contributed by atoms with Crippen LogP contribution in [-0.2, 0) is 10.0 Å². The summed E-state index contributed by atoms with van der Waals surface area (Å²) in [6.45, 7) is 6.43. The molecule has 2 rings (SSSR count). The number of nitrogens with one attached hydrogen (secondary N) is 1. The van der Waals surface area contributed by atoms with E-state index in [1.165, 1.54) is 18.2 Å². The standard InChI is InChI=1S/C17H22ClN3O3S/c1-4-7-20-8-10-21(11-9-20)17(22)15-12-14(5-6-16(15)18)25(23,24)19-13(2)3/h1,5-6,12-13,19H,7-11H2,2-3H3. The number of piperazine rings is 1. The van der Waals surface area contributed by atoms with Crippen LogP contribution in [0.15, 0.2) is 23.1 Å². The van der Waals surface area contributed by atoms with Crippen molar-refractivity contribution in [2.45, 2.75) is 24.8 Å². The fourth-order valence-electron chi connectivity index (χ4n) is 2.62. The molecule has 8 heteroatoms. The zero-order chi connectivity index (χ0) is 18.6. The number of nitrogens with zero attached hydrogens (tertiary/aromatic N) is 2. The van der Waals surface area contributed by atoms with E-state index >= 15 is 0 Å².